The van der Waals surface area contributed by atoms with Crippen LogP contribution in [0.25, 0.3) is 0 Å². The molecule has 0 spiro atoms. The monoisotopic (exact) mass is 465 g/mol. The number of nitrogens with zero attached hydrogens (tertiary/aromatic N) is 3. The van der Waals surface area contributed by atoms with E-state index in [2.05, 4.69) is 15.3 Å². The van der Waals surface area contributed by atoms with E-state index < -0.39 is 17.3 Å². The minimum absolute atomic E-state index is 0.132. The first-order valence-electron chi connectivity index (χ1n) is 9.70. The number of nitrogens with one attached hydrogen (secondary N) is 1. The van der Waals surface area contributed by atoms with E-state index in [4.69, 9.17) is 22.1 Å². The fraction of sp³-hybridized carbons (Fsp3) is 0.0435. The van der Waals surface area contributed by atoms with Crippen LogP contribution in [-0.4, -0.2) is 20.4 Å². The summed E-state index contributed by atoms with van der Waals surface area (Å²) in [6.45, 7) is 0.132. The minimum Gasteiger partial charge on any atom is -0.436 e. The van der Waals surface area contributed by atoms with E-state index in [1.54, 1.807) is 48.5 Å². The van der Waals surface area contributed by atoms with Crippen molar-refractivity contribution >= 4 is 29.1 Å². The molecule has 3 N–H and O–H groups in total. The Morgan fingerprint density at radius 1 is 1.09 bits per heavy atom. The van der Waals surface area contributed by atoms with Gasteiger partial charge in [-0.2, -0.15) is 0 Å². The molecule has 0 saturated heterocycles. The van der Waals surface area contributed by atoms with Crippen LogP contribution in [-0.2, 0) is 6.54 Å². The maximum Gasteiger partial charge on any atom is 0.268 e. The number of carbonyl (C=O) groups excluding carboxylic acids is 1. The number of aromatic nitrogens is 3. The molecule has 10 heteroatoms. The van der Waals surface area contributed by atoms with Crippen LogP contribution in [0.2, 0.25) is 5.02 Å². The van der Waals surface area contributed by atoms with Crippen molar-refractivity contribution in [3.8, 4) is 11.6 Å². The van der Waals surface area contributed by atoms with Crippen LogP contribution in [0.1, 0.15) is 15.9 Å². The van der Waals surface area contributed by atoms with Crippen molar-refractivity contribution in [1.82, 2.24) is 14.5 Å². The van der Waals surface area contributed by atoms with Gasteiger partial charge >= 0.3 is 0 Å². The average Bonchev–Trinajstić information content (AvgIpc) is 2.80. The highest BCUT2D eigenvalue weighted by Crippen LogP contribution is 2.24. The lowest BCUT2D eigenvalue weighted by molar-refractivity contribution is 0.0998. The lowest BCUT2D eigenvalue weighted by Gasteiger charge is -2.15. The Labute approximate surface area is 192 Å². The van der Waals surface area contributed by atoms with Crippen LogP contribution in [0.5, 0.6) is 11.6 Å². The molecule has 0 atom stereocenters. The van der Waals surface area contributed by atoms with E-state index in [1.807, 2.05) is 0 Å². The fourth-order valence-electron chi connectivity index (χ4n) is 2.97. The van der Waals surface area contributed by atoms with Crippen LogP contribution >= 0.6 is 11.6 Å². The zero-order valence-electron chi connectivity index (χ0n) is 17.0. The summed E-state index contributed by atoms with van der Waals surface area (Å²) in [6, 6.07) is 16.2. The van der Waals surface area contributed by atoms with Gasteiger partial charge in [0.2, 0.25) is 5.95 Å². The zero-order valence-corrected chi connectivity index (χ0v) is 17.8. The second kappa shape index (κ2) is 9.49. The molecule has 0 bridgehead atoms. The van der Waals surface area contributed by atoms with Crippen molar-refractivity contribution in [3.05, 3.63) is 105 Å². The van der Waals surface area contributed by atoms with Crippen molar-refractivity contribution in [2.75, 3.05) is 5.32 Å². The number of hydrogen-bond donors (Lipinski definition) is 2. The smallest absolute Gasteiger partial charge is 0.268 e. The molecule has 4 aromatic rings. The lowest BCUT2D eigenvalue weighted by Crippen LogP contribution is -2.32. The SMILES string of the molecule is NC(=O)c1cnc(Nc2ccc(Oc3ncccc3F)cc2)n(Cc2ccc(Cl)cc2)c1=O. The Hall–Kier alpha value is -4.24. The van der Waals surface area contributed by atoms with Gasteiger partial charge in [0.05, 0.1) is 6.54 Å². The normalized spacial score (nSPS) is 10.6. The molecule has 0 aliphatic heterocycles. The van der Waals surface area contributed by atoms with Crippen molar-refractivity contribution in [2.24, 2.45) is 5.73 Å². The molecule has 0 fully saturated rings. The van der Waals surface area contributed by atoms with Crippen molar-refractivity contribution in [2.45, 2.75) is 6.54 Å². The molecular formula is C23H17ClFN5O3. The Kier molecular flexibility index (Phi) is 6.32. The molecule has 0 saturated carbocycles. The van der Waals surface area contributed by atoms with Crippen molar-refractivity contribution in [1.29, 1.82) is 0 Å². The number of ether oxygens (including phenoxy) is 1. The van der Waals surface area contributed by atoms with E-state index in [-0.39, 0.29) is 23.9 Å². The molecule has 1 amide bonds. The van der Waals surface area contributed by atoms with Gasteiger partial charge in [-0.3, -0.25) is 14.2 Å². The van der Waals surface area contributed by atoms with E-state index in [0.29, 0.717) is 16.5 Å². The summed E-state index contributed by atoms with van der Waals surface area (Å²) >= 11 is 5.93. The maximum absolute atomic E-state index is 13.7. The number of rotatable bonds is 7. The maximum atomic E-state index is 13.7. The number of benzene rings is 2. The first-order valence-corrected chi connectivity index (χ1v) is 10.1. The highest BCUT2D eigenvalue weighted by molar-refractivity contribution is 6.30. The van der Waals surface area contributed by atoms with E-state index in [0.717, 1.165) is 11.8 Å². The van der Waals surface area contributed by atoms with E-state index in [9.17, 15) is 14.0 Å². The summed E-state index contributed by atoms with van der Waals surface area (Å²) < 4.78 is 20.5. The average molecular weight is 466 g/mol. The number of anilines is 2. The number of hydrogen-bond acceptors (Lipinski definition) is 6. The van der Waals surface area contributed by atoms with Gasteiger partial charge in [0.25, 0.3) is 17.3 Å². The van der Waals surface area contributed by atoms with Crippen molar-refractivity contribution < 1.29 is 13.9 Å². The van der Waals surface area contributed by atoms with Gasteiger partial charge < -0.3 is 15.8 Å². The number of carbonyl (C=O) groups is 1. The van der Waals surface area contributed by atoms with Gasteiger partial charge in [-0.1, -0.05) is 23.7 Å². The molecule has 8 nitrogen and oxygen atoms in total. The quantitative estimate of drug-likeness (QED) is 0.424. The molecule has 33 heavy (non-hydrogen) atoms. The predicted octanol–water partition coefficient (Wildman–Crippen LogP) is 4.11. The third kappa shape index (κ3) is 5.16. The van der Waals surface area contributed by atoms with Crippen molar-refractivity contribution in [3.63, 3.8) is 0 Å². The number of pyridine rings is 1. The molecule has 0 aliphatic rings. The zero-order chi connectivity index (χ0) is 23.4. The van der Waals surface area contributed by atoms with Crippen LogP contribution < -0.4 is 21.3 Å². The molecule has 2 heterocycles. The van der Waals surface area contributed by atoms with Gasteiger partial charge in [-0.05, 0) is 54.1 Å². The lowest BCUT2D eigenvalue weighted by atomic mass is 10.2. The van der Waals surface area contributed by atoms with Gasteiger partial charge in [-0.15, -0.1) is 0 Å². The van der Waals surface area contributed by atoms with Crippen LogP contribution in [0, 0.1) is 5.82 Å². The molecule has 4 rings (SSSR count). The Morgan fingerprint density at radius 2 is 1.82 bits per heavy atom. The summed E-state index contributed by atoms with van der Waals surface area (Å²) in [4.78, 5) is 32.6. The molecular weight excluding hydrogens is 449 g/mol. The van der Waals surface area contributed by atoms with Crippen LogP contribution in [0.3, 0.4) is 0 Å². The summed E-state index contributed by atoms with van der Waals surface area (Å²) in [5.74, 6) is -1.02. The number of nitrogens with two attached hydrogens (primary N) is 1. The van der Waals surface area contributed by atoms with E-state index in [1.165, 1.54) is 22.9 Å². The van der Waals surface area contributed by atoms with Gasteiger partial charge in [-0.25, -0.2) is 14.4 Å². The largest absolute Gasteiger partial charge is 0.436 e. The van der Waals surface area contributed by atoms with Crippen LogP contribution in [0.4, 0.5) is 16.0 Å². The number of amides is 1. The second-order valence-corrected chi connectivity index (χ2v) is 7.36. The van der Waals surface area contributed by atoms with Gasteiger partial charge in [0.15, 0.2) is 5.82 Å². The highest BCUT2D eigenvalue weighted by Gasteiger charge is 2.15. The standard InChI is InChI=1S/C23H17ClFN5O3/c24-15-5-3-14(4-6-15)13-30-22(32)18(20(26)31)12-28-23(30)29-16-7-9-17(10-8-16)33-21-19(25)2-1-11-27-21/h1-12H,13H2,(H2,26,31)(H,28,29). The molecule has 166 valence electrons. The highest BCUT2D eigenvalue weighted by atomic mass is 35.5. The summed E-state index contributed by atoms with van der Waals surface area (Å²) in [6.07, 6.45) is 2.56. The third-order valence-electron chi connectivity index (χ3n) is 4.62. The third-order valence-corrected chi connectivity index (χ3v) is 4.87. The predicted molar refractivity (Wildman–Crippen MR) is 122 cm³/mol. The molecule has 2 aromatic heterocycles. The summed E-state index contributed by atoms with van der Waals surface area (Å²) in [5.41, 5.74) is 5.85. The van der Waals surface area contributed by atoms with Gasteiger partial charge in [0.1, 0.15) is 11.3 Å². The Bertz CT molecular complexity index is 1360. The molecule has 2 aromatic carbocycles. The van der Waals surface area contributed by atoms with Crippen LogP contribution in [0.15, 0.2) is 77.9 Å². The first-order chi connectivity index (χ1) is 15.9. The second-order valence-electron chi connectivity index (χ2n) is 6.92. The Balaban J connectivity index is 1.61. The summed E-state index contributed by atoms with van der Waals surface area (Å²) in [7, 11) is 0. The topological polar surface area (TPSA) is 112 Å². The van der Waals surface area contributed by atoms with E-state index >= 15 is 0 Å². The fourth-order valence-corrected chi connectivity index (χ4v) is 3.10. The molecule has 0 unspecified atom stereocenters. The first kappa shape index (κ1) is 22.0. The van der Waals surface area contributed by atoms with Gasteiger partial charge in [0, 0.05) is 23.1 Å². The Morgan fingerprint density at radius 3 is 2.48 bits per heavy atom. The summed E-state index contributed by atoms with van der Waals surface area (Å²) in [5, 5.41) is 3.60. The number of halogens is 2. The molecule has 0 aliphatic carbocycles. The minimum atomic E-state index is -0.868. The molecule has 0 radical (unpaired) electrons. The number of primary amides is 1.